The minimum Gasteiger partial charge on any atom is -0.496 e. The number of rotatable bonds is 11. The third-order valence-electron chi connectivity index (χ3n) is 9.69. The first kappa shape index (κ1) is 35.9. The molecule has 254 valence electrons. The number of benzene rings is 2. The number of carbonyl (C=O) groups excluding carboxylic acids is 2. The van der Waals surface area contributed by atoms with Crippen LogP contribution in [0.15, 0.2) is 42.5 Å². The van der Waals surface area contributed by atoms with E-state index in [-0.39, 0.29) is 30.5 Å². The second-order valence-electron chi connectivity index (χ2n) is 14.4. The van der Waals surface area contributed by atoms with Crippen molar-refractivity contribution in [2.75, 3.05) is 27.4 Å². The van der Waals surface area contributed by atoms with E-state index in [0.29, 0.717) is 13.0 Å². The van der Waals surface area contributed by atoms with E-state index in [1.807, 2.05) is 32.0 Å². The van der Waals surface area contributed by atoms with Gasteiger partial charge in [-0.3, -0.25) is 4.79 Å². The van der Waals surface area contributed by atoms with E-state index < -0.39 is 41.8 Å². The number of amides is 1. The van der Waals surface area contributed by atoms with Crippen LogP contribution in [0.2, 0.25) is 0 Å². The molecule has 4 rings (SSSR count). The summed E-state index contributed by atoms with van der Waals surface area (Å²) >= 11 is 0. The van der Waals surface area contributed by atoms with Gasteiger partial charge in [-0.15, -0.1) is 0 Å². The molecule has 2 aromatic carbocycles. The van der Waals surface area contributed by atoms with Gasteiger partial charge in [0.1, 0.15) is 17.9 Å². The minimum atomic E-state index is -0.953. The van der Waals surface area contributed by atoms with Crippen LogP contribution in [-0.2, 0) is 40.6 Å². The Hall–Kier alpha value is -2.94. The molecule has 2 aliphatic heterocycles. The smallest absolute Gasteiger partial charge is 0.329 e. The molecule has 0 bridgehead atoms. The van der Waals surface area contributed by atoms with Gasteiger partial charge in [0.15, 0.2) is 0 Å². The number of esters is 1. The van der Waals surface area contributed by atoms with Gasteiger partial charge < -0.3 is 28.6 Å². The quantitative estimate of drug-likeness (QED) is 0.243. The zero-order valence-corrected chi connectivity index (χ0v) is 29.6. The van der Waals surface area contributed by atoms with E-state index >= 15 is 0 Å². The van der Waals surface area contributed by atoms with Crippen molar-refractivity contribution in [1.29, 1.82) is 0 Å². The van der Waals surface area contributed by atoms with Gasteiger partial charge in [0.2, 0.25) is 0 Å². The highest BCUT2D eigenvalue weighted by molar-refractivity contribution is 5.89. The molecule has 46 heavy (non-hydrogen) atoms. The van der Waals surface area contributed by atoms with Crippen LogP contribution < -0.4 is 4.74 Å². The predicted octanol–water partition coefficient (Wildman–Crippen LogP) is 7.13. The number of methoxy groups -OCH3 is 2. The molecule has 0 spiro atoms. The molecule has 2 heterocycles. The van der Waals surface area contributed by atoms with Crippen molar-refractivity contribution in [2.24, 2.45) is 5.92 Å². The molecule has 0 N–H and O–H groups in total. The topological polar surface area (TPSA) is 83.5 Å². The van der Waals surface area contributed by atoms with Crippen molar-refractivity contribution in [1.82, 2.24) is 4.90 Å². The molecule has 2 aliphatic rings. The van der Waals surface area contributed by atoms with E-state index in [9.17, 15) is 9.59 Å². The molecule has 0 saturated carbocycles. The highest BCUT2D eigenvalue weighted by Gasteiger charge is 2.61. The van der Waals surface area contributed by atoms with Crippen molar-refractivity contribution < 1.29 is 33.3 Å². The van der Waals surface area contributed by atoms with E-state index in [0.717, 1.165) is 40.8 Å². The van der Waals surface area contributed by atoms with Gasteiger partial charge in [-0.1, -0.05) is 65.0 Å². The summed E-state index contributed by atoms with van der Waals surface area (Å²) < 4.78 is 30.7. The van der Waals surface area contributed by atoms with Crippen LogP contribution in [0.5, 0.6) is 5.75 Å². The Morgan fingerprint density at radius 3 is 2.33 bits per heavy atom. The van der Waals surface area contributed by atoms with Crippen molar-refractivity contribution in [3.8, 4) is 5.75 Å². The van der Waals surface area contributed by atoms with Crippen molar-refractivity contribution in [3.63, 3.8) is 0 Å². The van der Waals surface area contributed by atoms with Gasteiger partial charge in [-0.25, -0.2) is 4.79 Å². The molecule has 0 unspecified atom stereocenters. The zero-order valence-electron chi connectivity index (χ0n) is 29.6. The SMILES string of the molecule is CCOC(=O)[C@@H]1[C@@H](C(C)(C)OC)[C@H](OCc2cc(C(C)(C)C)ccc2OC)[C@H](c2ccccc2C(C)C)N1C(=O)[C@@H]1CCCCO1. The average molecular weight is 638 g/mol. The summed E-state index contributed by atoms with van der Waals surface area (Å²) in [6.45, 7) is 17.4. The third-order valence-corrected chi connectivity index (χ3v) is 9.69. The summed E-state index contributed by atoms with van der Waals surface area (Å²) in [4.78, 5) is 30.5. The maximum Gasteiger partial charge on any atom is 0.329 e. The van der Waals surface area contributed by atoms with Crippen LogP contribution in [0.3, 0.4) is 0 Å². The number of carbonyl (C=O) groups is 2. The Kier molecular flexibility index (Phi) is 11.6. The highest BCUT2D eigenvalue weighted by Crippen LogP contribution is 2.50. The van der Waals surface area contributed by atoms with Crippen LogP contribution >= 0.6 is 0 Å². The van der Waals surface area contributed by atoms with Gasteiger partial charge in [0, 0.05) is 25.2 Å². The molecule has 2 saturated heterocycles. The van der Waals surface area contributed by atoms with E-state index in [1.165, 1.54) is 0 Å². The fourth-order valence-electron chi connectivity index (χ4n) is 7.03. The first-order valence-electron chi connectivity index (χ1n) is 16.8. The number of ether oxygens (including phenoxy) is 5. The molecule has 5 atom stereocenters. The van der Waals surface area contributed by atoms with Crippen molar-refractivity contribution in [3.05, 3.63) is 64.7 Å². The van der Waals surface area contributed by atoms with Gasteiger partial charge in [-0.05, 0) is 80.2 Å². The van der Waals surface area contributed by atoms with E-state index in [4.69, 9.17) is 23.7 Å². The molecule has 2 aromatic rings. The predicted molar refractivity (Wildman–Crippen MR) is 179 cm³/mol. The summed E-state index contributed by atoms with van der Waals surface area (Å²) in [6, 6.07) is 12.8. The Labute approximate surface area is 276 Å². The fraction of sp³-hybridized carbons (Fsp3) is 0.632. The molecule has 0 aliphatic carbocycles. The maximum atomic E-state index is 14.7. The Morgan fingerprint density at radius 1 is 1.02 bits per heavy atom. The summed E-state index contributed by atoms with van der Waals surface area (Å²) in [6.07, 6.45) is 1.13. The van der Waals surface area contributed by atoms with Crippen LogP contribution in [0.25, 0.3) is 0 Å². The minimum absolute atomic E-state index is 0.0775. The number of likely N-dealkylation sites (tertiary alicyclic amines) is 1. The molecular formula is C38H55NO7. The van der Waals surface area contributed by atoms with Crippen LogP contribution in [0, 0.1) is 5.92 Å². The number of hydrogen-bond donors (Lipinski definition) is 0. The fourth-order valence-corrected chi connectivity index (χ4v) is 7.03. The van der Waals surface area contributed by atoms with E-state index in [2.05, 4.69) is 58.9 Å². The van der Waals surface area contributed by atoms with Gasteiger partial charge in [0.05, 0.1) is 38.1 Å². The van der Waals surface area contributed by atoms with Crippen LogP contribution in [0.1, 0.15) is 109 Å². The van der Waals surface area contributed by atoms with Gasteiger partial charge in [-0.2, -0.15) is 0 Å². The summed E-state index contributed by atoms with van der Waals surface area (Å²) in [5, 5.41) is 0. The lowest BCUT2D eigenvalue weighted by Gasteiger charge is -2.37. The summed E-state index contributed by atoms with van der Waals surface area (Å²) in [5.41, 5.74) is 3.15. The molecule has 2 fully saturated rings. The van der Waals surface area contributed by atoms with Crippen molar-refractivity contribution >= 4 is 11.9 Å². The number of nitrogens with zero attached hydrogens (tertiary/aromatic N) is 1. The Balaban J connectivity index is 1.94. The zero-order chi connectivity index (χ0) is 33.8. The second-order valence-corrected chi connectivity index (χ2v) is 14.4. The molecule has 8 nitrogen and oxygen atoms in total. The second kappa shape index (κ2) is 14.9. The monoisotopic (exact) mass is 637 g/mol. The molecule has 0 aromatic heterocycles. The van der Waals surface area contributed by atoms with Crippen LogP contribution in [0.4, 0.5) is 0 Å². The third kappa shape index (κ3) is 7.45. The molecule has 8 heteroatoms. The van der Waals surface area contributed by atoms with E-state index in [1.54, 1.807) is 26.0 Å². The summed E-state index contributed by atoms with van der Waals surface area (Å²) in [7, 11) is 3.30. The Bertz CT molecular complexity index is 1340. The maximum absolute atomic E-state index is 14.7. The first-order chi connectivity index (χ1) is 21.8. The van der Waals surface area contributed by atoms with Gasteiger partial charge in [0.25, 0.3) is 5.91 Å². The standard InChI is InChI=1S/C38H55NO7/c1-11-44-36(41)33-31(38(7,8)43-10)34(46-23-25-22-26(37(4,5)6)19-20-29(25)42-9)32(28-17-13-12-16-27(28)24(2)3)39(33)35(40)30-18-14-15-21-45-30/h12-13,16-17,19-20,22,24,30-34H,11,14-15,18,21,23H2,1-10H3/t30-,31+,32-,33-,34-/m0/s1. The molecule has 1 amide bonds. The lowest BCUT2D eigenvalue weighted by molar-refractivity contribution is -0.165. The molecular weight excluding hydrogens is 582 g/mol. The Morgan fingerprint density at radius 2 is 1.74 bits per heavy atom. The summed E-state index contributed by atoms with van der Waals surface area (Å²) in [5.74, 6) is -0.355. The molecule has 0 radical (unpaired) electrons. The van der Waals surface area contributed by atoms with Crippen LogP contribution in [-0.4, -0.2) is 68.1 Å². The lowest BCUT2D eigenvalue weighted by Crippen LogP contribution is -2.53. The highest BCUT2D eigenvalue weighted by atomic mass is 16.5. The lowest BCUT2D eigenvalue weighted by atomic mass is 9.79. The normalized spacial score (nSPS) is 23.9. The van der Waals surface area contributed by atoms with Crippen molar-refractivity contribution in [2.45, 2.75) is 122 Å². The number of hydrogen-bond acceptors (Lipinski definition) is 7. The average Bonchev–Trinajstić information content (AvgIpc) is 3.39. The first-order valence-corrected chi connectivity index (χ1v) is 16.8. The van der Waals surface area contributed by atoms with Gasteiger partial charge >= 0.3 is 5.97 Å². The largest absolute Gasteiger partial charge is 0.496 e.